The number of halogens is 1. The van der Waals surface area contributed by atoms with Crippen LogP contribution in [0.1, 0.15) is 72.5 Å². The number of amides is 2. The molecule has 3 aliphatic rings. The van der Waals surface area contributed by atoms with Gasteiger partial charge in [0.15, 0.2) is 5.60 Å². The van der Waals surface area contributed by atoms with Crippen LogP contribution in [0.3, 0.4) is 0 Å². The van der Waals surface area contributed by atoms with E-state index < -0.39 is 34.9 Å². The number of nitrogens with zero attached hydrogens (tertiary/aromatic N) is 2. The van der Waals surface area contributed by atoms with E-state index in [4.69, 9.17) is 14.5 Å². The highest BCUT2D eigenvalue weighted by molar-refractivity contribution is 5.94. The van der Waals surface area contributed by atoms with Gasteiger partial charge in [-0.25, -0.2) is 14.2 Å². The van der Waals surface area contributed by atoms with Gasteiger partial charge in [-0.15, -0.1) is 0 Å². The summed E-state index contributed by atoms with van der Waals surface area (Å²) in [5.74, 6) is -1.80. The minimum Gasteiger partial charge on any atom is -0.458 e. The topological polar surface area (TPSA) is 149 Å². The Morgan fingerprint density at radius 2 is 2.00 bits per heavy atom. The maximum absolute atomic E-state index is 15.0. The molecule has 0 spiro atoms. The van der Waals surface area contributed by atoms with Gasteiger partial charge in [-0.05, 0) is 48.9 Å². The number of nitrogens with one attached hydrogen (secondary N) is 2. The van der Waals surface area contributed by atoms with Crippen molar-refractivity contribution in [3.8, 4) is 11.4 Å². The highest BCUT2D eigenvalue weighted by atomic mass is 19.1. The molecule has 0 saturated carbocycles. The molecule has 2 atom stereocenters. The third kappa shape index (κ3) is 4.19. The average Bonchev–Trinajstić information content (AvgIpc) is 3.35. The van der Waals surface area contributed by atoms with Crippen molar-refractivity contribution in [2.75, 3.05) is 13.3 Å². The maximum Gasteiger partial charge on any atom is 0.343 e. The molecular formula is C30H31FN4O7. The lowest BCUT2D eigenvalue weighted by Crippen LogP contribution is -2.44. The number of esters is 1. The number of benzene rings is 1. The van der Waals surface area contributed by atoms with E-state index in [0.717, 1.165) is 16.5 Å². The molecule has 0 unspecified atom stereocenters. The van der Waals surface area contributed by atoms with Crippen LogP contribution in [0.15, 0.2) is 16.9 Å². The normalized spacial score (nSPS) is 20.0. The fourth-order valence-corrected chi connectivity index (χ4v) is 6.34. The summed E-state index contributed by atoms with van der Waals surface area (Å²) in [5, 5.41) is 17.5. The summed E-state index contributed by atoms with van der Waals surface area (Å²) >= 11 is 0. The van der Waals surface area contributed by atoms with Crippen LogP contribution in [0, 0.1) is 12.7 Å². The molecular weight excluding hydrogens is 547 g/mol. The van der Waals surface area contributed by atoms with Gasteiger partial charge in [0.2, 0.25) is 11.8 Å². The molecule has 0 fully saturated rings. The predicted molar refractivity (Wildman–Crippen MR) is 148 cm³/mol. The van der Waals surface area contributed by atoms with E-state index in [0.29, 0.717) is 47.3 Å². The van der Waals surface area contributed by atoms with Crippen LogP contribution >= 0.6 is 0 Å². The summed E-state index contributed by atoms with van der Waals surface area (Å²) in [4.78, 5) is 55.4. The van der Waals surface area contributed by atoms with E-state index in [2.05, 4.69) is 10.6 Å². The molecule has 0 saturated heterocycles. The Hall–Kier alpha value is -4.16. The molecule has 2 aliphatic heterocycles. The number of carbonyl (C=O) groups is 3. The van der Waals surface area contributed by atoms with Crippen LogP contribution in [0.2, 0.25) is 0 Å². The first-order valence-electron chi connectivity index (χ1n) is 14.0. The van der Waals surface area contributed by atoms with E-state index in [-0.39, 0.29) is 49.9 Å². The number of pyridine rings is 2. The molecule has 2 aromatic heterocycles. The average molecular weight is 579 g/mol. The van der Waals surface area contributed by atoms with E-state index in [1.807, 2.05) is 0 Å². The molecule has 3 N–H and O–H groups in total. The lowest BCUT2D eigenvalue weighted by molar-refractivity contribution is -0.172. The summed E-state index contributed by atoms with van der Waals surface area (Å²) < 4.78 is 27.1. The molecule has 6 rings (SSSR count). The van der Waals surface area contributed by atoms with Crippen molar-refractivity contribution < 1.29 is 33.4 Å². The first kappa shape index (κ1) is 28.0. The van der Waals surface area contributed by atoms with Crippen molar-refractivity contribution in [3.63, 3.8) is 0 Å². The summed E-state index contributed by atoms with van der Waals surface area (Å²) in [5.41, 5.74) is 2.03. The number of hydrogen-bond donors (Lipinski definition) is 3. The number of cyclic esters (lactones) is 1. The Kier molecular flexibility index (Phi) is 6.85. The highest BCUT2D eigenvalue weighted by Gasteiger charge is 2.46. The zero-order valence-electron chi connectivity index (χ0n) is 23.6. The molecule has 0 radical (unpaired) electrons. The second-order valence-corrected chi connectivity index (χ2v) is 10.9. The van der Waals surface area contributed by atoms with Crippen molar-refractivity contribution in [3.05, 3.63) is 61.7 Å². The third-order valence-electron chi connectivity index (χ3n) is 8.64. The second kappa shape index (κ2) is 10.3. The summed E-state index contributed by atoms with van der Waals surface area (Å²) in [7, 11) is 0. The number of fused-ring (bicyclic) bond motifs is 5. The van der Waals surface area contributed by atoms with E-state index in [1.165, 1.54) is 10.6 Å². The maximum atomic E-state index is 15.0. The van der Waals surface area contributed by atoms with Gasteiger partial charge in [0, 0.05) is 29.0 Å². The monoisotopic (exact) mass is 578 g/mol. The Balaban J connectivity index is 1.45. The summed E-state index contributed by atoms with van der Waals surface area (Å²) in [6, 6.07) is 2.50. The van der Waals surface area contributed by atoms with Crippen LogP contribution in [0.25, 0.3) is 22.3 Å². The Bertz CT molecular complexity index is 1750. The van der Waals surface area contributed by atoms with Crippen LogP contribution in [-0.2, 0) is 49.0 Å². The zero-order valence-corrected chi connectivity index (χ0v) is 23.6. The fraction of sp³-hybridized carbons (Fsp3) is 0.433. The number of aliphatic hydroxyl groups is 1. The van der Waals surface area contributed by atoms with Crippen LogP contribution in [-0.4, -0.2) is 45.8 Å². The molecule has 3 aromatic rings. The Morgan fingerprint density at radius 3 is 2.74 bits per heavy atom. The highest BCUT2D eigenvalue weighted by Crippen LogP contribution is 2.45. The van der Waals surface area contributed by atoms with Crippen molar-refractivity contribution >= 4 is 28.7 Å². The van der Waals surface area contributed by atoms with Crippen molar-refractivity contribution in [2.24, 2.45) is 0 Å². The van der Waals surface area contributed by atoms with Gasteiger partial charge < -0.3 is 29.8 Å². The van der Waals surface area contributed by atoms with Gasteiger partial charge in [-0.2, -0.15) is 0 Å². The van der Waals surface area contributed by atoms with Gasteiger partial charge >= 0.3 is 5.97 Å². The Labute approximate surface area is 240 Å². The zero-order chi connectivity index (χ0) is 29.9. The number of ether oxygens (including phenoxy) is 2. The molecule has 12 heteroatoms. The molecule has 2 amide bonds. The lowest BCUT2D eigenvalue weighted by Gasteiger charge is -2.31. The van der Waals surface area contributed by atoms with E-state index in [1.54, 1.807) is 26.8 Å². The standard InChI is InChI=1S/C30H31FN4O7/c1-4-23(36)32-13-41-12-24(37)33-20-7-6-15-14(3)19(31)9-21-25(15)26(20)16-10-35-22(27(16)34-21)8-18-17(28(35)38)11-42-29(39)30(18,40)5-2/h8-9,20,40H,4-7,10-13H2,1-3H3,(H,32,36)(H,33,37)/t20-,30-/m0/s1. The number of carbonyl (C=O) groups excluding carboxylic acids is 3. The lowest BCUT2D eigenvalue weighted by atomic mass is 9.81. The van der Waals surface area contributed by atoms with E-state index in [9.17, 15) is 24.3 Å². The predicted octanol–water partition coefficient (Wildman–Crippen LogP) is 2.13. The quantitative estimate of drug-likeness (QED) is 0.172. The molecule has 0 bridgehead atoms. The van der Waals surface area contributed by atoms with Gasteiger partial charge in [-0.3, -0.25) is 14.4 Å². The van der Waals surface area contributed by atoms with Crippen LogP contribution in [0.5, 0.6) is 0 Å². The largest absolute Gasteiger partial charge is 0.458 e. The number of aromatic nitrogens is 2. The van der Waals surface area contributed by atoms with Gasteiger partial charge in [0.05, 0.1) is 35.1 Å². The molecule has 4 heterocycles. The number of rotatable bonds is 7. The smallest absolute Gasteiger partial charge is 0.343 e. The fourth-order valence-electron chi connectivity index (χ4n) is 6.34. The number of aryl methyl sites for hydroxylation is 1. The molecule has 1 aliphatic carbocycles. The molecule has 220 valence electrons. The third-order valence-corrected chi connectivity index (χ3v) is 8.64. The van der Waals surface area contributed by atoms with Crippen molar-refractivity contribution in [1.82, 2.24) is 20.2 Å². The summed E-state index contributed by atoms with van der Waals surface area (Å²) in [6.07, 6.45) is 1.31. The SMILES string of the molecule is CCC(=O)NCOCC(=O)N[C@H]1CCc2c(C)c(F)cc3nc4c(c1c23)Cn1c-4cc2c(c1=O)COC(=O)[C@]2(O)CC. The molecule has 1 aromatic carbocycles. The van der Waals surface area contributed by atoms with E-state index >= 15 is 4.39 Å². The summed E-state index contributed by atoms with van der Waals surface area (Å²) in [6.45, 7) is 4.59. The number of hydrogen-bond acceptors (Lipinski definition) is 8. The van der Waals surface area contributed by atoms with Crippen LogP contribution < -0.4 is 16.2 Å². The first-order valence-corrected chi connectivity index (χ1v) is 14.0. The van der Waals surface area contributed by atoms with Crippen molar-refractivity contribution in [2.45, 2.75) is 71.2 Å². The van der Waals surface area contributed by atoms with Gasteiger partial charge in [0.1, 0.15) is 25.8 Å². The van der Waals surface area contributed by atoms with Crippen molar-refractivity contribution in [1.29, 1.82) is 0 Å². The minimum absolute atomic E-state index is 0.0110. The van der Waals surface area contributed by atoms with Crippen LogP contribution in [0.4, 0.5) is 4.39 Å². The van der Waals surface area contributed by atoms with Gasteiger partial charge in [0.25, 0.3) is 5.56 Å². The first-order chi connectivity index (χ1) is 20.1. The molecule has 42 heavy (non-hydrogen) atoms. The Morgan fingerprint density at radius 1 is 1.21 bits per heavy atom. The second-order valence-electron chi connectivity index (χ2n) is 10.9. The molecule has 11 nitrogen and oxygen atoms in total. The minimum atomic E-state index is -1.97. The van der Waals surface area contributed by atoms with Gasteiger partial charge in [-0.1, -0.05) is 13.8 Å².